The Morgan fingerprint density at radius 1 is 0.935 bits per heavy atom. The summed E-state index contributed by atoms with van der Waals surface area (Å²) in [6.45, 7) is 3.78. The molecule has 31 heavy (non-hydrogen) atoms. The Balaban J connectivity index is 1.55. The number of amides is 2. The van der Waals surface area contributed by atoms with Crippen molar-refractivity contribution >= 4 is 40.2 Å². The van der Waals surface area contributed by atoms with Crippen LogP contribution in [0.5, 0.6) is 23.0 Å². The zero-order valence-electron chi connectivity index (χ0n) is 17.2. The number of hydrogen-bond donors (Lipinski definition) is 0. The Morgan fingerprint density at radius 3 is 2.29 bits per heavy atom. The number of nitrogens with zero attached hydrogens (tertiary/aromatic N) is 2. The summed E-state index contributed by atoms with van der Waals surface area (Å²) in [7, 11) is 3.47. The standard InChI is InChI=1S/C21H20N2O6S2/c1-21(18-16-11(9-31-18)27-5-7-29-16)13-12(19(24)23(21)3)14(22(2)20(13)25)17-15-10(8-30-17)26-4-6-28-15/h8-9,13H,4-7H2,1-3H3. The molecule has 2 unspecified atom stereocenters. The first kappa shape index (κ1) is 19.0. The van der Waals surface area contributed by atoms with Gasteiger partial charge in [-0.05, 0) is 6.92 Å². The molecule has 162 valence electrons. The Kier molecular flexibility index (Phi) is 3.92. The van der Waals surface area contributed by atoms with Crippen LogP contribution in [0.15, 0.2) is 16.3 Å². The van der Waals surface area contributed by atoms with E-state index < -0.39 is 11.5 Å². The monoisotopic (exact) mass is 460 g/mol. The minimum absolute atomic E-state index is 0.122. The van der Waals surface area contributed by atoms with Crippen LogP contribution in [0.25, 0.3) is 5.70 Å². The van der Waals surface area contributed by atoms with Crippen LogP contribution in [0, 0.1) is 5.92 Å². The molecule has 4 aliphatic rings. The zero-order chi connectivity index (χ0) is 21.5. The fraction of sp³-hybridized carbons (Fsp3) is 0.429. The second-order valence-corrected chi connectivity index (χ2v) is 9.77. The maximum absolute atomic E-state index is 13.6. The van der Waals surface area contributed by atoms with Gasteiger partial charge in [-0.1, -0.05) is 0 Å². The highest BCUT2D eigenvalue weighted by atomic mass is 32.1. The maximum Gasteiger partial charge on any atom is 0.253 e. The van der Waals surface area contributed by atoms with Crippen molar-refractivity contribution in [2.45, 2.75) is 12.5 Å². The molecular formula is C21H20N2O6S2. The number of carbonyl (C=O) groups is 2. The van der Waals surface area contributed by atoms with Crippen molar-refractivity contribution in [1.29, 1.82) is 0 Å². The largest absolute Gasteiger partial charge is 0.485 e. The maximum atomic E-state index is 13.6. The summed E-state index contributed by atoms with van der Waals surface area (Å²) in [4.78, 5) is 32.0. The molecule has 2 aromatic rings. The highest BCUT2D eigenvalue weighted by Gasteiger charge is 2.63. The van der Waals surface area contributed by atoms with E-state index in [1.807, 2.05) is 17.7 Å². The highest BCUT2D eigenvalue weighted by molar-refractivity contribution is 7.12. The lowest BCUT2D eigenvalue weighted by Crippen LogP contribution is -2.45. The third-order valence-electron chi connectivity index (χ3n) is 6.53. The molecule has 0 aliphatic carbocycles. The minimum atomic E-state index is -0.882. The molecule has 6 rings (SSSR count). The van der Waals surface area contributed by atoms with Gasteiger partial charge in [0.1, 0.15) is 26.4 Å². The molecule has 0 N–H and O–H groups in total. The van der Waals surface area contributed by atoms with Gasteiger partial charge in [0.25, 0.3) is 5.91 Å². The average molecular weight is 461 g/mol. The number of thiophene rings is 2. The van der Waals surface area contributed by atoms with Gasteiger partial charge >= 0.3 is 0 Å². The third-order valence-corrected chi connectivity index (χ3v) is 8.64. The SMILES string of the molecule is CN1C(=O)C2C(=C1c1scc3c1OCCO3)C(=O)N(C)C2(C)c1scc2c1OCCO2. The molecule has 8 nitrogen and oxygen atoms in total. The topological polar surface area (TPSA) is 77.5 Å². The van der Waals surface area contributed by atoms with Crippen molar-refractivity contribution in [2.24, 2.45) is 5.92 Å². The molecule has 2 atom stereocenters. The van der Waals surface area contributed by atoms with Crippen molar-refractivity contribution in [3.8, 4) is 23.0 Å². The highest BCUT2D eigenvalue weighted by Crippen LogP contribution is 2.59. The predicted molar refractivity (Wildman–Crippen MR) is 114 cm³/mol. The van der Waals surface area contributed by atoms with Gasteiger partial charge in [0.15, 0.2) is 23.0 Å². The normalized spacial score (nSPS) is 26.7. The van der Waals surface area contributed by atoms with E-state index in [4.69, 9.17) is 18.9 Å². The van der Waals surface area contributed by atoms with E-state index >= 15 is 0 Å². The fourth-order valence-corrected chi connectivity index (χ4v) is 7.06. The van der Waals surface area contributed by atoms with E-state index in [9.17, 15) is 9.59 Å². The molecule has 1 fully saturated rings. The second-order valence-electron chi connectivity index (χ2n) is 8.01. The summed E-state index contributed by atoms with van der Waals surface area (Å²) < 4.78 is 23.2. The molecule has 6 heterocycles. The molecule has 2 amide bonds. The smallest absolute Gasteiger partial charge is 0.253 e. The van der Waals surface area contributed by atoms with Gasteiger partial charge in [0, 0.05) is 24.9 Å². The average Bonchev–Trinajstić information content (AvgIpc) is 3.50. The van der Waals surface area contributed by atoms with E-state index in [0.717, 1.165) is 9.75 Å². The van der Waals surface area contributed by atoms with Crippen LogP contribution in [0.3, 0.4) is 0 Å². The molecule has 2 aromatic heterocycles. The predicted octanol–water partition coefficient (Wildman–Crippen LogP) is 2.54. The number of hydrogen-bond acceptors (Lipinski definition) is 8. The second kappa shape index (κ2) is 6.39. The Labute approximate surface area is 186 Å². The third kappa shape index (κ3) is 2.29. The summed E-state index contributed by atoms with van der Waals surface area (Å²) >= 11 is 2.89. The number of fused-ring (bicyclic) bond motifs is 3. The van der Waals surface area contributed by atoms with Crippen LogP contribution in [0.2, 0.25) is 0 Å². The van der Waals surface area contributed by atoms with E-state index in [1.54, 1.807) is 23.9 Å². The summed E-state index contributed by atoms with van der Waals surface area (Å²) in [6, 6.07) is 0. The summed E-state index contributed by atoms with van der Waals surface area (Å²) in [5, 5.41) is 3.76. The number of rotatable bonds is 2. The summed E-state index contributed by atoms with van der Waals surface area (Å²) in [5.41, 5.74) is 0.220. The lowest BCUT2D eigenvalue weighted by atomic mass is 9.82. The molecule has 0 spiro atoms. The molecular weight excluding hydrogens is 440 g/mol. The van der Waals surface area contributed by atoms with Crippen LogP contribution in [0.1, 0.15) is 16.7 Å². The molecule has 0 bridgehead atoms. The Bertz CT molecular complexity index is 1170. The van der Waals surface area contributed by atoms with Crippen molar-refractivity contribution in [2.75, 3.05) is 40.5 Å². The lowest BCUT2D eigenvalue weighted by Gasteiger charge is -2.36. The number of ether oxygens (including phenoxy) is 4. The van der Waals surface area contributed by atoms with Crippen molar-refractivity contribution < 1.29 is 28.5 Å². The first-order valence-corrected chi connectivity index (χ1v) is 11.8. The number of carbonyl (C=O) groups excluding carboxylic acids is 2. The van der Waals surface area contributed by atoms with Crippen LogP contribution in [-0.4, -0.2) is 62.1 Å². The lowest BCUT2D eigenvalue weighted by molar-refractivity contribution is -0.132. The molecule has 10 heteroatoms. The van der Waals surface area contributed by atoms with Gasteiger partial charge in [-0.3, -0.25) is 9.59 Å². The van der Waals surface area contributed by atoms with Gasteiger partial charge in [-0.15, -0.1) is 22.7 Å². The van der Waals surface area contributed by atoms with Crippen molar-refractivity contribution in [1.82, 2.24) is 9.80 Å². The van der Waals surface area contributed by atoms with Gasteiger partial charge in [0.2, 0.25) is 5.91 Å². The van der Waals surface area contributed by atoms with E-state index in [-0.39, 0.29) is 11.8 Å². The Hall–Kier alpha value is -2.72. The quantitative estimate of drug-likeness (QED) is 0.686. The number of likely N-dealkylation sites (tertiary alicyclic amines) is 1. The molecule has 0 radical (unpaired) electrons. The Morgan fingerprint density at radius 2 is 1.55 bits per heavy atom. The van der Waals surface area contributed by atoms with E-state index in [2.05, 4.69) is 0 Å². The molecule has 0 aromatic carbocycles. The number of likely N-dealkylation sites (N-methyl/N-ethyl adjacent to an activating group) is 1. The first-order chi connectivity index (χ1) is 14.9. The van der Waals surface area contributed by atoms with Crippen LogP contribution in [0.4, 0.5) is 0 Å². The molecule has 4 aliphatic heterocycles. The van der Waals surface area contributed by atoms with E-state index in [1.165, 1.54) is 22.7 Å². The van der Waals surface area contributed by atoms with Crippen LogP contribution < -0.4 is 18.9 Å². The minimum Gasteiger partial charge on any atom is -0.485 e. The van der Waals surface area contributed by atoms with Crippen LogP contribution >= 0.6 is 22.7 Å². The summed E-state index contributed by atoms with van der Waals surface area (Å²) in [5.74, 6) is 1.62. The zero-order valence-corrected chi connectivity index (χ0v) is 18.9. The van der Waals surface area contributed by atoms with E-state index in [0.29, 0.717) is 60.7 Å². The fourth-order valence-electron chi connectivity index (χ4n) is 4.87. The van der Waals surface area contributed by atoms with Gasteiger partial charge in [0.05, 0.1) is 32.5 Å². The first-order valence-electron chi connectivity index (χ1n) is 9.99. The van der Waals surface area contributed by atoms with Crippen molar-refractivity contribution in [3.63, 3.8) is 0 Å². The molecule has 0 saturated carbocycles. The summed E-state index contributed by atoms with van der Waals surface area (Å²) in [6.07, 6.45) is 0. The van der Waals surface area contributed by atoms with Crippen molar-refractivity contribution in [3.05, 3.63) is 26.1 Å². The van der Waals surface area contributed by atoms with Crippen LogP contribution in [-0.2, 0) is 15.1 Å². The molecule has 1 saturated heterocycles. The van der Waals surface area contributed by atoms with Gasteiger partial charge in [-0.25, -0.2) is 0 Å². The van der Waals surface area contributed by atoms with Gasteiger partial charge in [-0.2, -0.15) is 0 Å². The van der Waals surface area contributed by atoms with Gasteiger partial charge < -0.3 is 28.7 Å².